The van der Waals surface area contributed by atoms with Crippen molar-refractivity contribution < 1.29 is 9.53 Å². The van der Waals surface area contributed by atoms with Gasteiger partial charge in [0.25, 0.3) is 0 Å². The molecule has 7 heteroatoms. The second-order valence-electron chi connectivity index (χ2n) is 6.90. The second-order valence-corrected chi connectivity index (χ2v) is 7.71. The Balaban J connectivity index is 1.68. The van der Waals surface area contributed by atoms with Gasteiger partial charge >= 0.3 is 5.97 Å². The van der Waals surface area contributed by atoms with Gasteiger partial charge in [-0.25, -0.2) is 4.98 Å². The molecule has 1 aromatic heterocycles. The fourth-order valence-corrected chi connectivity index (χ4v) is 3.80. The van der Waals surface area contributed by atoms with Gasteiger partial charge in [-0.1, -0.05) is 47.5 Å². The Morgan fingerprint density at radius 1 is 1.07 bits per heavy atom. The van der Waals surface area contributed by atoms with Crippen LogP contribution in [0.1, 0.15) is 18.3 Å². The van der Waals surface area contributed by atoms with Crippen LogP contribution in [-0.2, 0) is 18.3 Å². The molecule has 0 spiro atoms. The molecular weight excluding hydrogens is 421 g/mol. The molecule has 1 heterocycles. The summed E-state index contributed by atoms with van der Waals surface area (Å²) < 4.78 is 7.52. The largest absolute Gasteiger partial charge is 0.424 e. The van der Waals surface area contributed by atoms with Crippen molar-refractivity contribution in [1.29, 1.82) is 0 Å². The number of hydrogen-bond acceptors (Lipinski definition) is 4. The minimum absolute atomic E-state index is 0.398. The minimum atomic E-state index is -0.414. The van der Waals surface area contributed by atoms with Gasteiger partial charge in [0.05, 0.1) is 32.5 Å². The lowest BCUT2D eigenvalue weighted by Gasteiger charge is -2.15. The Morgan fingerprint density at radius 2 is 1.80 bits per heavy atom. The highest BCUT2D eigenvalue weighted by Crippen LogP contribution is 2.36. The highest BCUT2D eigenvalue weighted by molar-refractivity contribution is 6.39. The summed E-state index contributed by atoms with van der Waals surface area (Å²) in [6, 6.07) is 18.9. The molecule has 0 saturated heterocycles. The van der Waals surface area contributed by atoms with E-state index in [-0.39, 0.29) is 0 Å². The molecule has 0 aliphatic rings. The molecule has 3 aromatic carbocycles. The molecule has 5 nitrogen and oxygen atoms in total. The van der Waals surface area contributed by atoms with Gasteiger partial charge < -0.3 is 14.6 Å². The van der Waals surface area contributed by atoms with Crippen LogP contribution in [0.5, 0.6) is 5.75 Å². The van der Waals surface area contributed by atoms with Gasteiger partial charge in [0.2, 0.25) is 0 Å². The summed E-state index contributed by atoms with van der Waals surface area (Å²) in [5.41, 5.74) is 4.12. The summed E-state index contributed by atoms with van der Waals surface area (Å²) in [6.45, 7) is 1.37. The van der Waals surface area contributed by atoms with Crippen LogP contribution in [0.2, 0.25) is 10.0 Å². The van der Waals surface area contributed by atoms with Crippen LogP contribution in [0.15, 0.2) is 60.7 Å². The summed E-state index contributed by atoms with van der Waals surface area (Å²) in [5, 5.41) is 4.12. The number of hydrogen-bond donors (Lipinski definition) is 1. The zero-order valence-electron chi connectivity index (χ0n) is 16.4. The third-order valence-corrected chi connectivity index (χ3v) is 5.39. The lowest BCUT2D eigenvalue weighted by Crippen LogP contribution is -2.06. The number of carbonyl (C=O) groups is 1. The first-order valence-electron chi connectivity index (χ1n) is 9.35. The van der Waals surface area contributed by atoms with Crippen LogP contribution in [0.4, 0.5) is 11.4 Å². The summed E-state index contributed by atoms with van der Waals surface area (Å²) in [4.78, 5) is 16.4. The van der Waals surface area contributed by atoms with E-state index in [1.807, 2.05) is 49.5 Å². The lowest BCUT2D eigenvalue weighted by molar-refractivity contribution is -0.131. The number of nitrogens with one attached hydrogen (secondary N) is 1. The number of benzene rings is 3. The number of anilines is 2. The maximum Gasteiger partial charge on any atom is 0.308 e. The number of halogens is 2. The number of imidazole rings is 1. The molecule has 1 N–H and O–H groups in total. The van der Waals surface area contributed by atoms with Crippen molar-refractivity contribution in [3.8, 4) is 5.75 Å². The average Bonchev–Trinajstić information content (AvgIpc) is 3.02. The van der Waals surface area contributed by atoms with Gasteiger partial charge in [0.1, 0.15) is 5.82 Å². The van der Waals surface area contributed by atoms with Gasteiger partial charge in [0.15, 0.2) is 5.75 Å². The number of rotatable bonds is 5. The number of para-hydroxylation sites is 3. The lowest BCUT2D eigenvalue weighted by atomic mass is 10.1. The minimum Gasteiger partial charge on any atom is -0.424 e. The Kier molecular flexibility index (Phi) is 5.66. The molecule has 0 atom stereocenters. The summed E-state index contributed by atoms with van der Waals surface area (Å²) >= 11 is 12.5. The van der Waals surface area contributed by atoms with Crippen LogP contribution >= 0.6 is 23.2 Å². The van der Waals surface area contributed by atoms with Crippen LogP contribution in [0.3, 0.4) is 0 Å². The Bertz CT molecular complexity index is 1230. The van der Waals surface area contributed by atoms with Crippen LogP contribution in [-0.4, -0.2) is 15.5 Å². The molecule has 0 bridgehead atoms. The molecule has 0 unspecified atom stereocenters. The van der Waals surface area contributed by atoms with E-state index in [2.05, 4.69) is 9.88 Å². The van der Waals surface area contributed by atoms with Crippen molar-refractivity contribution in [2.24, 2.45) is 7.05 Å². The van der Waals surface area contributed by atoms with Gasteiger partial charge in [-0.05, 0) is 42.0 Å². The number of aromatic nitrogens is 2. The van der Waals surface area contributed by atoms with E-state index in [1.54, 1.807) is 18.2 Å². The normalized spacial score (nSPS) is 10.9. The number of nitrogens with zero attached hydrogens (tertiary/aromatic N) is 2. The second kappa shape index (κ2) is 8.38. The Labute approximate surface area is 184 Å². The summed E-state index contributed by atoms with van der Waals surface area (Å²) in [7, 11) is 1.99. The van der Waals surface area contributed by atoms with Gasteiger partial charge in [-0.3, -0.25) is 4.79 Å². The van der Waals surface area contributed by atoms with Crippen molar-refractivity contribution in [3.05, 3.63) is 82.1 Å². The predicted octanol–water partition coefficient (Wildman–Crippen LogP) is 6.14. The van der Waals surface area contributed by atoms with E-state index < -0.39 is 5.97 Å². The van der Waals surface area contributed by atoms with E-state index in [9.17, 15) is 4.79 Å². The highest BCUT2D eigenvalue weighted by atomic mass is 35.5. The maximum absolute atomic E-state index is 11.7. The zero-order chi connectivity index (χ0) is 21.3. The molecule has 4 rings (SSSR count). The molecule has 152 valence electrons. The number of carbonyl (C=O) groups excluding carboxylic acids is 1. The van der Waals surface area contributed by atoms with Crippen molar-refractivity contribution in [3.63, 3.8) is 0 Å². The first kappa shape index (κ1) is 20.3. The zero-order valence-corrected chi connectivity index (χ0v) is 18.0. The smallest absolute Gasteiger partial charge is 0.308 e. The quantitative estimate of drug-likeness (QED) is 0.299. The molecule has 0 saturated carbocycles. The number of ether oxygens (including phenoxy) is 1. The van der Waals surface area contributed by atoms with Crippen molar-refractivity contribution >= 4 is 51.6 Å². The fraction of sp³-hybridized carbons (Fsp3) is 0.130. The standard InChI is InChI=1S/C23H19Cl2N3O2/c1-14(29)30-21-12-15(13-22-26-18-8-3-4-9-20(18)28(22)2)10-11-19(21)27-23-16(24)6-5-7-17(23)25/h3-12,27H,13H2,1-2H3. The SMILES string of the molecule is CC(=O)Oc1cc(Cc2nc3ccccc3n2C)ccc1Nc1c(Cl)cccc1Cl. The molecule has 4 aromatic rings. The first-order valence-corrected chi connectivity index (χ1v) is 10.1. The molecule has 0 aliphatic carbocycles. The topological polar surface area (TPSA) is 56.1 Å². The van der Waals surface area contributed by atoms with Gasteiger partial charge in [-0.15, -0.1) is 0 Å². The van der Waals surface area contributed by atoms with Crippen molar-refractivity contribution in [2.75, 3.05) is 5.32 Å². The van der Waals surface area contributed by atoms with Crippen LogP contribution in [0.25, 0.3) is 11.0 Å². The van der Waals surface area contributed by atoms with Crippen LogP contribution in [0, 0.1) is 0 Å². The first-order chi connectivity index (χ1) is 14.4. The van der Waals surface area contributed by atoms with Gasteiger partial charge in [0, 0.05) is 20.4 Å². The molecule has 30 heavy (non-hydrogen) atoms. The van der Waals surface area contributed by atoms with E-state index in [0.29, 0.717) is 33.6 Å². The predicted molar refractivity (Wildman–Crippen MR) is 121 cm³/mol. The van der Waals surface area contributed by atoms with E-state index in [0.717, 1.165) is 22.4 Å². The van der Waals surface area contributed by atoms with Crippen LogP contribution < -0.4 is 10.1 Å². The molecule has 0 fully saturated rings. The maximum atomic E-state index is 11.7. The molecule has 0 amide bonds. The molecule has 0 radical (unpaired) electrons. The third kappa shape index (κ3) is 4.13. The van der Waals surface area contributed by atoms with E-state index in [1.165, 1.54) is 6.92 Å². The molecular formula is C23H19Cl2N3O2. The third-order valence-electron chi connectivity index (χ3n) is 4.76. The summed E-state index contributed by atoms with van der Waals surface area (Å²) in [5.74, 6) is 0.901. The van der Waals surface area contributed by atoms with E-state index >= 15 is 0 Å². The Hall–Kier alpha value is -3.02. The number of fused-ring (bicyclic) bond motifs is 1. The highest BCUT2D eigenvalue weighted by Gasteiger charge is 2.14. The van der Waals surface area contributed by atoms with E-state index in [4.69, 9.17) is 32.9 Å². The Morgan fingerprint density at radius 3 is 2.50 bits per heavy atom. The van der Waals surface area contributed by atoms with Crippen molar-refractivity contribution in [1.82, 2.24) is 9.55 Å². The number of aryl methyl sites for hydroxylation is 1. The fourth-order valence-electron chi connectivity index (χ4n) is 3.31. The average molecular weight is 440 g/mol. The van der Waals surface area contributed by atoms with Gasteiger partial charge in [-0.2, -0.15) is 0 Å². The summed E-state index contributed by atoms with van der Waals surface area (Å²) in [6.07, 6.45) is 0.590. The number of esters is 1. The monoisotopic (exact) mass is 439 g/mol. The van der Waals surface area contributed by atoms with Crippen molar-refractivity contribution in [2.45, 2.75) is 13.3 Å². The molecule has 0 aliphatic heterocycles.